The lowest BCUT2D eigenvalue weighted by atomic mass is 10.4. The van der Waals surface area contributed by atoms with Gasteiger partial charge in [-0.15, -0.1) is 0 Å². The van der Waals surface area contributed by atoms with Crippen molar-refractivity contribution < 1.29 is 0 Å². The van der Waals surface area contributed by atoms with Crippen molar-refractivity contribution in [3.8, 4) is 5.69 Å². The predicted molar refractivity (Wildman–Crippen MR) is 58.6 cm³/mol. The fourth-order valence-corrected chi connectivity index (χ4v) is 2.42. The summed E-state index contributed by atoms with van der Waals surface area (Å²) in [7, 11) is 0. The van der Waals surface area contributed by atoms with Gasteiger partial charge >= 0.3 is 0 Å². The summed E-state index contributed by atoms with van der Waals surface area (Å²) in [5, 5.41) is 11.3. The van der Waals surface area contributed by atoms with Gasteiger partial charge in [-0.05, 0) is 36.5 Å². The minimum Gasteiger partial charge on any atom is -0.271 e. The lowest BCUT2D eigenvalue weighted by Gasteiger charge is -2.01. The molecule has 0 spiro atoms. The van der Waals surface area contributed by atoms with Gasteiger partial charge < -0.3 is 0 Å². The number of aromatic amines is 1. The summed E-state index contributed by atoms with van der Waals surface area (Å²) in [6, 6.07) is 2.07. The molecule has 0 atom stereocenters. The number of nitrogens with zero attached hydrogens (tertiary/aromatic N) is 2. The SMILES string of the molecule is S=c1[nH]nc(C2CC2)n1-c1ccsc1. The molecular formula is C9H9N3S2. The summed E-state index contributed by atoms with van der Waals surface area (Å²) in [5.41, 5.74) is 1.13. The highest BCUT2D eigenvalue weighted by molar-refractivity contribution is 7.71. The van der Waals surface area contributed by atoms with Gasteiger partial charge in [0.15, 0.2) is 4.77 Å². The Balaban J connectivity index is 2.19. The molecule has 1 aliphatic carbocycles. The topological polar surface area (TPSA) is 33.6 Å². The third kappa shape index (κ3) is 1.24. The predicted octanol–water partition coefficient (Wildman–Crippen LogP) is 2.87. The molecule has 2 aromatic rings. The summed E-state index contributed by atoms with van der Waals surface area (Å²) < 4.78 is 2.74. The Hall–Kier alpha value is -0.940. The van der Waals surface area contributed by atoms with Gasteiger partial charge in [0.2, 0.25) is 0 Å². The van der Waals surface area contributed by atoms with Crippen LogP contribution in [0.1, 0.15) is 24.6 Å². The number of aromatic nitrogens is 3. The maximum absolute atomic E-state index is 5.22. The second-order valence-electron chi connectivity index (χ2n) is 3.48. The van der Waals surface area contributed by atoms with Gasteiger partial charge in [-0.2, -0.15) is 16.4 Å². The third-order valence-corrected chi connectivity index (χ3v) is 3.35. The molecule has 0 amide bonds. The Kier molecular flexibility index (Phi) is 1.81. The summed E-state index contributed by atoms with van der Waals surface area (Å²) in [6.07, 6.45) is 2.48. The van der Waals surface area contributed by atoms with Crippen molar-refractivity contribution in [2.24, 2.45) is 0 Å². The molecule has 72 valence electrons. The summed E-state index contributed by atoms with van der Waals surface area (Å²) in [5.74, 6) is 1.70. The van der Waals surface area contributed by atoms with Gasteiger partial charge in [0.05, 0.1) is 5.69 Å². The van der Waals surface area contributed by atoms with Crippen molar-refractivity contribution in [3.05, 3.63) is 27.4 Å². The minimum absolute atomic E-state index is 0.614. The largest absolute Gasteiger partial charge is 0.271 e. The first-order valence-electron chi connectivity index (χ1n) is 4.56. The molecule has 0 radical (unpaired) electrons. The summed E-state index contributed by atoms with van der Waals surface area (Å²) in [6.45, 7) is 0. The first-order valence-corrected chi connectivity index (χ1v) is 5.91. The molecule has 1 aliphatic rings. The van der Waals surface area contributed by atoms with E-state index in [0.29, 0.717) is 10.7 Å². The van der Waals surface area contributed by atoms with Crippen LogP contribution in [0, 0.1) is 4.77 Å². The zero-order valence-corrected chi connectivity index (χ0v) is 9.07. The maximum atomic E-state index is 5.22. The first-order chi connectivity index (χ1) is 6.86. The highest BCUT2D eigenvalue weighted by Gasteiger charge is 2.29. The minimum atomic E-state index is 0.614. The molecule has 0 aliphatic heterocycles. The lowest BCUT2D eigenvalue weighted by Crippen LogP contribution is -1.98. The van der Waals surface area contributed by atoms with E-state index >= 15 is 0 Å². The number of hydrogen-bond acceptors (Lipinski definition) is 3. The molecule has 1 N–H and O–H groups in total. The molecule has 0 saturated heterocycles. The van der Waals surface area contributed by atoms with Crippen LogP contribution < -0.4 is 0 Å². The monoisotopic (exact) mass is 223 g/mol. The molecule has 3 nitrogen and oxygen atoms in total. The van der Waals surface area contributed by atoms with Gasteiger partial charge in [-0.1, -0.05) is 0 Å². The Morgan fingerprint density at radius 2 is 2.43 bits per heavy atom. The van der Waals surface area contributed by atoms with Gasteiger partial charge in [0, 0.05) is 11.3 Å². The lowest BCUT2D eigenvalue weighted by molar-refractivity contribution is 0.871. The Labute approximate surface area is 90.4 Å². The molecule has 14 heavy (non-hydrogen) atoms. The molecule has 0 unspecified atom stereocenters. The summed E-state index contributed by atoms with van der Waals surface area (Å²) >= 11 is 6.90. The van der Waals surface area contributed by atoms with Crippen LogP contribution in [-0.2, 0) is 0 Å². The Morgan fingerprint density at radius 3 is 3.07 bits per heavy atom. The first kappa shape index (κ1) is 8.38. The Bertz CT molecular complexity index is 490. The molecule has 0 aromatic carbocycles. The number of thiophene rings is 1. The zero-order valence-electron chi connectivity index (χ0n) is 7.43. The molecular weight excluding hydrogens is 214 g/mol. The Morgan fingerprint density at radius 1 is 1.57 bits per heavy atom. The van der Waals surface area contributed by atoms with E-state index in [0.717, 1.165) is 11.5 Å². The van der Waals surface area contributed by atoms with Crippen LogP contribution in [0.5, 0.6) is 0 Å². The van der Waals surface area contributed by atoms with E-state index in [1.54, 1.807) is 11.3 Å². The average molecular weight is 223 g/mol. The van der Waals surface area contributed by atoms with E-state index in [-0.39, 0.29) is 0 Å². The van der Waals surface area contributed by atoms with Gasteiger partial charge in [0.1, 0.15) is 5.82 Å². The molecule has 5 heteroatoms. The van der Waals surface area contributed by atoms with Crippen LogP contribution in [0.4, 0.5) is 0 Å². The standard InChI is InChI=1S/C9H9N3S2/c13-9-11-10-8(6-1-2-6)12(9)7-3-4-14-5-7/h3-6H,1-2H2,(H,11,13). The fraction of sp³-hybridized carbons (Fsp3) is 0.333. The second kappa shape index (κ2) is 3.03. The van der Waals surface area contributed by atoms with E-state index in [1.165, 1.54) is 12.8 Å². The quantitative estimate of drug-likeness (QED) is 0.794. The zero-order chi connectivity index (χ0) is 9.54. The van der Waals surface area contributed by atoms with Crippen LogP contribution in [0.15, 0.2) is 16.8 Å². The average Bonchev–Trinajstić information content (AvgIpc) is 2.75. The van der Waals surface area contributed by atoms with Gasteiger partial charge in [-0.25, -0.2) is 0 Å². The van der Waals surface area contributed by atoms with Crippen molar-refractivity contribution >= 4 is 23.6 Å². The van der Waals surface area contributed by atoms with Crippen LogP contribution in [-0.4, -0.2) is 14.8 Å². The molecule has 3 rings (SSSR count). The fourth-order valence-electron chi connectivity index (χ4n) is 1.56. The van der Waals surface area contributed by atoms with E-state index in [2.05, 4.69) is 27.0 Å². The maximum Gasteiger partial charge on any atom is 0.199 e. The van der Waals surface area contributed by atoms with Crippen molar-refractivity contribution in [1.82, 2.24) is 14.8 Å². The van der Waals surface area contributed by atoms with Crippen LogP contribution >= 0.6 is 23.6 Å². The molecule has 2 aromatic heterocycles. The van der Waals surface area contributed by atoms with Crippen LogP contribution in [0.25, 0.3) is 5.69 Å². The van der Waals surface area contributed by atoms with Gasteiger partial charge in [0.25, 0.3) is 0 Å². The smallest absolute Gasteiger partial charge is 0.199 e. The van der Waals surface area contributed by atoms with Crippen molar-refractivity contribution in [2.75, 3.05) is 0 Å². The van der Waals surface area contributed by atoms with E-state index in [9.17, 15) is 0 Å². The highest BCUT2D eigenvalue weighted by atomic mass is 32.1. The van der Waals surface area contributed by atoms with E-state index < -0.39 is 0 Å². The van der Waals surface area contributed by atoms with Crippen molar-refractivity contribution in [3.63, 3.8) is 0 Å². The van der Waals surface area contributed by atoms with Crippen LogP contribution in [0.3, 0.4) is 0 Å². The van der Waals surface area contributed by atoms with Crippen molar-refractivity contribution in [2.45, 2.75) is 18.8 Å². The second-order valence-corrected chi connectivity index (χ2v) is 4.64. The van der Waals surface area contributed by atoms with Crippen molar-refractivity contribution in [1.29, 1.82) is 0 Å². The van der Waals surface area contributed by atoms with Gasteiger partial charge in [-0.3, -0.25) is 9.67 Å². The summed E-state index contributed by atoms with van der Waals surface area (Å²) in [4.78, 5) is 0. The number of nitrogens with one attached hydrogen (secondary N) is 1. The van der Waals surface area contributed by atoms with E-state index in [1.807, 2.05) is 4.57 Å². The highest BCUT2D eigenvalue weighted by Crippen LogP contribution is 2.39. The van der Waals surface area contributed by atoms with E-state index in [4.69, 9.17) is 12.2 Å². The number of rotatable bonds is 2. The molecule has 2 heterocycles. The normalized spacial score (nSPS) is 16.0. The molecule has 1 saturated carbocycles. The molecule has 1 fully saturated rings. The molecule has 0 bridgehead atoms. The van der Waals surface area contributed by atoms with Crippen LogP contribution in [0.2, 0.25) is 0 Å². The number of H-pyrrole nitrogens is 1. The number of hydrogen-bond donors (Lipinski definition) is 1. The third-order valence-electron chi connectivity index (χ3n) is 2.41.